The summed E-state index contributed by atoms with van der Waals surface area (Å²) < 4.78 is 26.9. The van der Waals surface area contributed by atoms with Crippen molar-refractivity contribution in [2.24, 2.45) is 0 Å². The number of carbonyl (C=O) groups is 2. The Morgan fingerprint density at radius 1 is 1.03 bits per heavy atom. The Kier molecular flexibility index (Phi) is 6.07. The number of aromatic nitrogens is 2. The lowest BCUT2D eigenvalue weighted by molar-refractivity contribution is -0.117. The number of benzene rings is 2. The highest BCUT2D eigenvalue weighted by atomic mass is 32.2. The first-order chi connectivity index (χ1) is 14.2. The summed E-state index contributed by atoms with van der Waals surface area (Å²) in [4.78, 5) is 39.6. The highest BCUT2D eigenvalue weighted by Gasteiger charge is 2.15. The normalized spacial score (nSPS) is 11.0. The molecule has 0 fully saturated rings. The van der Waals surface area contributed by atoms with Gasteiger partial charge in [0, 0.05) is 24.2 Å². The summed E-state index contributed by atoms with van der Waals surface area (Å²) in [6.45, 7) is 0.835. The van der Waals surface area contributed by atoms with Crippen LogP contribution in [0.1, 0.15) is 6.92 Å². The molecule has 2 N–H and O–H groups in total. The second-order valence-corrected chi connectivity index (χ2v) is 8.02. The molecular formula is C20H18N4O5S. The first-order valence-corrected chi connectivity index (χ1v) is 10.3. The van der Waals surface area contributed by atoms with Gasteiger partial charge in [0.25, 0.3) is 15.6 Å². The molecular weight excluding hydrogens is 408 g/mol. The van der Waals surface area contributed by atoms with E-state index < -0.39 is 21.8 Å². The fourth-order valence-electron chi connectivity index (χ4n) is 2.63. The number of hydrogen-bond donors (Lipinski definition) is 2. The number of hydrogen-bond acceptors (Lipinski definition) is 6. The van der Waals surface area contributed by atoms with E-state index in [1.807, 2.05) is 35.1 Å². The molecule has 0 saturated heterocycles. The Labute approximate surface area is 172 Å². The standard InChI is InChI=1S/C20H18N4O5S/c1-14(25)23-30(28,29)17-9-7-16(8-10-17)22-19(26)12-24-13-21-18(11-20(24)27)15-5-3-2-4-6-15/h2-11,13H,12H2,1H3,(H,22,26)(H,23,25). The lowest BCUT2D eigenvalue weighted by Crippen LogP contribution is -2.28. The molecule has 10 heteroatoms. The van der Waals surface area contributed by atoms with Crippen molar-refractivity contribution in [1.82, 2.24) is 14.3 Å². The van der Waals surface area contributed by atoms with E-state index >= 15 is 0 Å². The van der Waals surface area contributed by atoms with E-state index in [0.717, 1.165) is 17.1 Å². The third-order valence-corrected chi connectivity index (χ3v) is 5.44. The van der Waals surface area contributed by atoms with Gasteiger partial charge in [-0.3, -0.25) is 19.0 Å². The van der Waals surface area contributed by atoms with Crippen LogP contribution >= 0.6 is 0 Å². The molecule has 0 atom stereocenters. The predicted octanol–water partition coefficient (Wildman–Crippen LogP) is 1.37. The lowest BCUT2D eigenvalue weighted by Gasteiger charge is -2.09. The summed E-state index contributed by atoms with van der Waals surface area (Å²) in [5, 5.41) is 2.57. The quantitative estimate of drug-likeness (QED) is 0.613. The Morgan fingerprint density at radius 3 is 2.30 bits per heavy atom. The van der Waals surface area contributed by atoms with Crippen molar-refractivity contribution in [2.75, 3.05) is 5.32 Å². The largest absolute Gasteiger partial charge is 0.325 e. The van der Waals surface area contributed by atoms with Gasteiger partial charge >= 0.3 is 0 Å². The summed E-state index contributed by atoms with van der Waals surface area (Å²) in [7, 11) is -3.95. The summed E-state index contributed by atoms with van der Waals surface area (Å²) in [5.74, 6) is -1.19. The van der Waals surface area contributed by atoms with Crippen LogP contribution < -0.4 is 15.6 Å². The van der Waals surface area contributed by atoms with Crippen LogP contribution in [-0.2, 0) is 26.2 Å². The van der Waals surface area contributed by atoms with E-state index in [0.29, 0.717) is 11.4 Å². The van der Waals surface area contributed by atoms with E-state index in [-0.39, 0.29) is 17.0 Å². The van der Waals surface area contributed by atoms with Crippen LogP contribution in [0.3, 0.4) is 0 Å². The molecule has 0 aliphatic carbocycles. The zero-order chi connectivity index (χ0) is 21.7. The van der Waals surface area contributed by atoms with Gasteiger partial charge in [0.15, 0.2) is 0 Å². The van der Waals surface area contributed by atoms with Gasteiger partial charge in [-0.25, -0.2) is 18.1 Å². The van der Waals surface area contributed by atoms with E-state index in [1.165, 1.54) is 36.7 Å². The first kappa shape index (κ1) is 20.9. The van der Waals surface area contributed by atoms with Gasteiger partial charge in [-0.05, 0) is 24.3 Å². The van der Waals surface area contributed by atoms with Crippen molar-refractivity contribution in [2.45, 2.75) is 18.4 Å². The van der Waals surface area contributed by atoms with Gasteiger partial charge in [0.1, 0.15) is 6.54 Å². The maximum absolute atomic E-state index is 12.3. The molecule has 154 valence electrons. The SMILES string of the molecule is CC(=O)NS(=O)(=O)c1ccc(NC(=O)Cn2cnc(-c3ccccc3)cc2=O)cc1. The minimum atomic E-state index is -3.95. The highest BCUT2D eigenvalue weighted by Crippen LogP contribution is 2.15. The van der Waals surface area contributed by atoms with Crippen LogP contribution in [0.4, 0.5) is 5.69 Å². The van der Waals surface area contributed by atoms with Crippen LogP contribution in [-0.4, -0.2) is 29.8 Å². The molecule has 1 heterocycles. The Hall–Kier alpha value is -3.79. The summed E-state index contributed by atoms with van der Waals surface area (Å²) in [5.41, 5.74) is 1.26. The topological polar surface area (TPSA) is 127 Å². The van der Waals surface area contributed by atoms with Crippen LogP contribution in [0.15, 0.2) is 76.7 Å². The monoisotopic (exact) mass is 426 g/mol. The number of nitrogens with one attached hydrogen (secondary N) is 2. The average molecular weight is 426 g/mol. The summed E-state index contributed by atoms with van der Waals surface area (Å²) in [6, 6.07) is 15.8. The Bertz CT molecular complexity index is 1240. The molecule has 3 aromatic rings. The predicted molar refractivity (Wildman–Crippen MR) is 110 cm³/mol. The van der Waals surface area contributed by atoms with Crippen molar-refractivity contribution in [3.8, 4) is 11.3 Å². The molecule has 3 rings (SSSR count). The number of anilines is 1. The molecule has 0 spiro atoms. The number of rotatable bonds is 6. The lowest BCUT2D eigenvalue weighted by atomic mass is 10.1. The maximum Gasteiger partial charge on any atom is 0.264 e. The van der Waals surface area contributed by atoms with Crippen molar-refractivity contribution in [3.05, 3.63) is 77.3 Å². The summed E-state index contributed by atoms with van der Waals surface area (Å²) >= 11 is 0. The third-order valence-electron chi connectivity index (χ3n) is 3.99. The number of nitrogens with zero attached hydrogens (tertiary/aromatic N) is 2. The average Bonchev–Trinajstić information content (AvgIpc) is 2.69. The second kappa shape index (κ2) is 8.70. The van der Waals surface area contributed by atoms with E-state index in [9.17, 15) is 22.8 Å². The second-order valence-electron chi connectivity index (χ2n) is 6.34. The van der Waals surface area contributed by atoms with Crippen molar-refractivity contribution in [1.29, 1.82) is 0 Å². The van der Waals surface area contributed by atoms with Gasteiger partial charge < -0.3 is 5.32 Å². The molecule has 0 bridgehead atoms. The van der Waals surface area contributed by atoms with Crippen molar-refractivity contribution in [3.63, 3.8) is 0 Å². The molecule has 2 amide bonds. The zero-order valence-electron chi connectivity index (χ0n) is 15.9. The van der Waals surface area contributed by atoms with Crippen LogP contribution in [0.2, 0.25) is 0 Å². The van der Waals surface area contributed by atoms with Crippen LogP contribution in [0, 0.1) is 0 Å². The van der Waals surface area contributed by atoms with E-state index in [1.54, 1.807) is 0 Å². The molecule has 2 aromatic carbocycles. The Morgan fingerprint density at radius 2 is 1.70 bits per heavy atom. The van der Waals surface area contributed by atoms with E-state index in [2.05, 4.69) is 10.3 Å². The fraction of sp³-hybridized carbons (Fsp3) is 0.100. The summed E-state index contributed by atoms with van der Waals surface area (Å²) in [6.07, 6.45) is 1.30. The van der Waals surface area contributed by atoms with Crippen molar-refractivity contribution < 1.29 is 18.0 Å². The molecule has 9 nitrogen and oxygen atoms in total. The maximum atomic E-state index is 12.3. The fourth-order valence-corrected chi connectivity index (χ4v) is 3.62. The van der Waals surface area contributed by atoms with Gasteiger partial charge in [0.2, 0.25) is 11.8 Å². The highest BCUT2D eigenvalue weighted by molar-refractivity contribution is 7.90. The first-order valence-electron chi connectivity index (χ1n) is 8.80. The third kappa shape index (κ3) is 5.17. The number of sulfonamides is 1. The minimum absolute atomic E-state index is 0.118. The molecule has 0 radical (unpaired) electrons. The van der Waals surface area contributed by atoms with Crippen LogP contribution in [0.25, 0.3) is 11.3 Å². The number of amides is 2. The van der Waals surface area contributed by atoms with Gasteiger partial charge in [-0.1, -0.05) is 30.3 Å². The van der Waals surface area contributed by atoms with Gasteiger partial charge in [-0.15, -0.1) is 0 Å². The minimum Gasteiger partial charge on any atom is -0.325 e. The van der Waals surface area contributed by atoms with Gasteiger partial charge in [-0.2, -0.15) is 0 Å². The molecule has 0 aliphatic rings. The molecule has 0 saturated carbocycles. The molecule has 30 heavy (non-hydrogen) atoms. The number of carbonyl (C=O) groups excluding carboxylic acids is 2. The van der Waals surface area contributed by atoms with Crippen LogP contribution in [0.5, 0.6) is 0 Å². The molecule has 1 aromatic heterocycles. The Balaban J connectivity index is 1.67. The molecule has 0 unspecified atom stereocenters. The van der Waals surface area contributed by atoms with E-state index in [4.69, 9.17) is 0 Å². The van der Waals surface area contributed by atoms with Crippen molar-refractivity contribution >= 4 is 27.5 Å². The van der Waals surface area contributed by atoms with Gasteiger partial charge in [0.05, 0.1) is 16.9 Å². The molecule has 0 aliphatic heterocycles. The zero-order valence-corrected chi connectivity index (χ0v) is 16.7. The smallest absolute Gasteiger partial charge is 0.264 e.